The lowest BCUT2D eigenvalue weighted by molar-refractivity contribution is -0.125. The Hall–Kier alpha value is -1.68. The number of rotatable bonds is 13. The monoisotopic (exact) mass is 333 g/mol. The number of nitrogens with two attached hydrogens (primary N) is 1. The third-order valence-corrected chi connectivity index (χ3v) is 4.16. The Bertz CT molecular complexity index is 475. The minimum Gasteiger partial charge on any atom is -0.433 e. The van der Waals surface area contributed by atoms with Gasteiger partial charge >= 0.3 is 5.97 Å². The molecule has 1 aromatic rings. The first-order chi connectivity index (χ1) is 11.6. The van der Waals surface area contributed by atoms with Crippen molar-refractivity contribution in [1.29, 1.82) is 0 Å². The maximum absolute atomic E-state index is 12.0. The smallest absolute Gasteiger partial charge is 0.340 e. The summed E-state index contributed by atoms with van der Waals surface area (Å²) in [4.78, 5) is 23.3. The van der Waals surface area contributed by atoms with Crippen LogP contribution in [0.5, 0.6) is 0 Å². The first-order valence-corrected chi connectivity index (χ1v) is 9.15. The van der Waals surface area contributed by atoms with Crippen LogP contribution in [0, 0.1) is 0 Å². The molecule has 0 radical (unpaired) electrons. The zero-order chi connectivity index (χ0) is 17.7. The molecule has 0 saturated heterocycles. The van der Waals surface area contributed by atoms with E-state index in [9.17, 15) is 9.59 Å². The van der Waals surface area contributed by atoms with E-state index in [0.29, 0.717) is 18.3 Å². The van der Waals surface area contributed by atoms with Gasteiger partial charge in [-0.15, -0.1) is 0 Å². The third-order valence-electron chi connectivity index (χ3n) is 4.16. The number of carbonyl (C=O) groups excluding carboxylic acids is 2. The van der Waals surface area contributed by atoms with Gasteiger partial charge in [-0.3, -0.25) is 10.5 Å². The second-order valence-electron chi connectivity index (χ2n) is 6.41. The SMILES string of the molecule is CCCCCCCCCCCC(N)(C=O)OC(=O)c1ccccc1. The normalized spacial score (nSPS) is 13.2. The predicted octanol–water partition coefficient (Wildman–Crippen LogP) is 4.62. The van der Waals surface area contributed by atoms with Crippen molar-refractivity contribution in [2.75, 3.05) is 0 Å². The van der Waals surface area contributed by atoms with Crippen LogP contribution in [0.3, 0.4) is 0 Å². The van der Waals surface area contributed by atoms with Crippen molar-refractivity contribution in [3.05, 3.63) is 35.9 Å². The van der Waals surface area contributed by atoms with Gasteiger partial charge in [-0.1, -0.05) is 76.5 Å². The molecule has 0 aliphatic carbocycles. The summed E-state index contributed by atoms with van der Waals surface area (Å²) in [5.41, 5.74) is 4.80. The molecule has 134 valence electrons. The van der Waals surface area contributed by atoms with Gasteiger partial charge in [0.25, 0.3) is 0 Å². The van der Waals surface area contributed by atoms with Crippen molar-refractivity contribution in [2.45, 2.75) is 76.9 Å². The second-order valence-corrected chi connectivity index (χ2v) is 6.41. The van der Waals surface area contributed by atoms with E-state index in [2.05, 4.69) is 6.92 Å². The molecule has 2 N–H and O–H groups in total. The molecule has 24 heavy (non-hydrogen) atoms. The summed E-state index contributed by atoms with van der Waals surface area (Å²) in [5, 5.41) is 0. The zero-order valence-corrected chi connectivity index (χ0v) is 14.8. The van der Waals surface area contributed by atoms with E-state index < -0.39 is 11.7 Å². The lowest BCUT2D eigenvalue weighted by atomic mass is 10.0. The molecule has 0 aliphatic heterocycles. The Morgan fingerprint density at radius 1 is 1.00 bits per heavy atom. The van der Waals surface area contributed by atoms with Crippen molar-refractivity contribution in [1.82, 2.24) is 0 Å². The fourth-order valence-electron chi connectivity index (χ4n) is 2.65. The summed E-state index contributed by atoms with van der Waals surface area (Å²) in [5.74, 6) is -0.555. The highest BCUT2D eigenvalue weighted by Crippen LogP contribution is 2.16. The van der Waals surface area contributed by atoms with Crippen molar-refractivity contribution in [3.63, 3.8) is 0 Å². The van der Waals surface area contributed by atoms with Gasteiger partial charge in [0.15, 0.2) is 6.29 Å². The maximum Gasteiger partial charge on any atom is 0.340 e. The van der Waals surface area contributed by atoms with Crippen LogP contribution < -0.4 is 5.73 Å². The van der Waals surface area contributed by atoms with Crippen LogP contribution in [-0.2, 0) is 9.53 Å². The van der Waals surface area contributed by atoms with Gasteiger partial charge in [0.2, 0.25) is 5.72 Å². The van der Waals surface area contributed by atoms with Crippen LogP contribution in [0.2, 0.25) is 0 Å². The molecule has 1 atom stereocenters. The lowest BCUT2D eigenvalue weighted by Gasteiger charge is -2.23. The van der Waals surface area contributed by atoms with Gasteiger partial charge in [-0.25, -0.2) is 4.79 Å². The lowest BCUT2D eigenvalue weighted by Crippen LogP contribution is -2.46. The largest absolute Gasteiger partial charge is 0.433 e. The van der Waals surface area contributed by atoms with E-state index in [4.69, 9.17) is 10.5 Å². The first kappa shape index (κ1) is 20.4. The van der Waals surface area contributed by atoms with Crippen LogP contribution in [0.25, 0.3) is 0 Å². The third kappa shape index (κ3) is 8.25. The molecular formula is C20H31NO3. The molecule has 0 bridgehead atoms. The highest BCUT2D eigenvalue weighted by atomic mass is 16.6. The summed E-state index contributed by atoms with van der Waals surface area (Å²) in [6, 6.07) is 8.60. The average molecular weight is 333 g/mol. The van der Waals surface area contributed by atoms with Crippen LogP contribution in [0.1, 0.15) is 81.5 Å². The van der Waals surface area contributed by atoms with Gasteiger partial charge < -0.3 is 4.74 Å². The fraction of sp³-hybridized carbons (Fsp3) is 0.600. The number of carbonyl (C=O) groups is 2. The first-order valence-electron chi connectivity index (χ1n) is 9.15. The Morgan fingerprint density at radius 2 is 1.54 bits per heavy atom. The average Bonchev–Trinajstić information content (AvgIpc) is 2.61. The number of unbranched alkanes of at least 4 members (excludes halogenated alkanes) is 8. The number of esters is 1. The molecule has 0 aromatic heterocycles. The molecule has 0 amide bonds. The highest BCUT2D eigenvalue weighted by Gasteiger charge is 2.29. The molecular weight excluding hydrogens is 302 g/mol. The minimum absolute atomic E-state index is 0.366. The molecule has 4 heteroatoms. The molecule has 1 aromatic carbocycles. The quantitative estimate of drug-likeness (QED) is 0.247. The Balaban J connectivity index is 2.23. The predicted molar refractivity (Wildman–Crippen MR) is 96.7 cm³/mol. The van der Waals surface area contributed by atoms with E-state index in [1.165, 1.54) is 38.5 Å². The van der Waals surface area contributed by atoms with Crippen LogP contribution in [-0.4, -0.2) is 18.0 Å². The second kappa shape index (κ2) is 11.8. The molecule has 1 unspecified atom stereocenters. The zero-order valence-electron chi connectivity index (χ0n) is 14.8. The van der Waals surface area contributed by atoms with Crippen molar-refractivity contribution < 1.29 is 14.3 Å². The van der Waals surface area contributed by atoms with E-state index >= 15 is 0 Å². The van der Waals surface area contributed by atoms with Crippen molar-refractivity contribution >= 4 is 12.3 Å². The van der Waals surface area contributed by atoms with Gasteiger partial charge in [0.1, 0.15) is 0 Å². The molecule has 0 spiro atoms. The van der Waals surface area contributed by atoms with Gasteiger partial charge in [-0.05, 0) is 18.6 Å². The number of hydrogen-bond acceptors (Lipinski definition) is 4. The van der Waals surface area contributed by atoms with Crippen LogP contribution >= 0.6 is 0 Å². The highest BCUT2D eigenvalue weighted by molar-refractivity contribution is 5.90. The van der Waals surface area contributed by atoms with Crippen molar-refractivity contribution in [2.24, 2.45) is 5.73 Å². The summed E-state index contributed by atoms with van der Waals surface area (Å²) in [6.07, 6.45) is 11.5. The van der Waals surface area contributed by atoms with E-state index in [1.807, 2.05) is 6.07 Å². The Morgan fingerprint density at radius 3 is 2.08 bits per heavy atom. The summed E-state index contributed by atoms with van der Waals surface area (Å²) in [6.45, 7) is 2.22. The van der Waals surface area contributed by atoms with E-state index in [-0.39, 0.29) is 0 Å². The number of aldehydes is 1. The van der Waals surface area contributed by atoms with Gasteiger partial charge in [-0.2, -0.15) is 0 Å². The van der Waals surface area contributed by atoms with Crippen LogP contribution in [0.15, 0.2) is 30.3 Å². The van der Waals surface area contributed by atoms with Gasteiger partial charge in [0, 0.05) is 6.42 Å². The number of hydrogen-bond donors (Lipinski definition) is 1. The molecule has 1 rings (SSSR count). The molecule has 0 fully saturated rings. The Labute approximate surface area is 145 Å². The fourth-order valence-corrected chi connectivity index (χ4v) is 2.65. The molecule has 0 aliphatic rings. The van der Waals surface area contributed by atoms with E-state index in [1.54, 1.807) is 24.3 Å². The Kier molecular flexibility index (Phi) is 10.0. The van der Waals surface area contributed by atoms with Crippen LogP contribution in [0.4, 0.5) is 0 Å². The maximum atomic E-state index is 12.0. The van der Waals surface area contributed by atoms with Gasteiger partial charge in [0.05, 0.1) is 5.56 Å². The molecule has 0 heterocycles. The molecule has 4 nitrogen and oxygen atoms in total. The topological polar surface area (TPSA) is 69.4 Å². The molecule has 0 saturated carbocycles. The minimum atomic E-state index is -1.52. The summed E-state index contributed by atoms with van der Waals surface area (Å²) >= 11 is 0. The van der Waals surface area contributed by atoms with E-state index in [0.717, 1.165) is 19.3 Å². The number of ether oxygens (including phenoxy) is 1. The van der Waals surface area contributed by atoms with Crippen molar-refractivity contribution in [3.8, 4) is 0 Å². The number of benzene rings is 1. The summed E-state index contributed by atoms with van der Waals surface area (Å²) < 4.78 is 5.22. The summed E-state index contributed by atoms with van der Waals surface area (Å²) in [7, 11) is 0. The standard InChI is InChI=1S/C20H31NO3/c1-2-3-4-5-6-7-8-9-13-16-20(21,17-22)24-19(23)18-14-11-10-12-15-18/h10-12,14-15,17H,2-9,13,16,21H2,1H3.